The average molecular weight is 436 g/mol. The molecule has 0 saturated carbocycles. The summed E-state index contributed by atoms with van der Waals surface area (Å²) < 4.78 is 8.92. The summed E-state index contributed by atoms with van der Waals surface area (Å²) in [5.41, 5.74) is 4.83. The largest absolute Gasteiger partial charge is 0.489 e. The normalized spacial score (nSPS) is 13.3. The highest BCUT2D eigenvalue weighted by molar-refractivity contribution is 7.73. The van der Waals surface area contributed by atoms with Gasteiger partial charge in [-0.15, -0.1) is 11.3 Å². The number of nitrogens with zero attached hydrogens (tertiary/aromatic N) is 1. The molecule has 0 unspecified atom stereocenters. The molecule has 1 N–H and O–H groups in total. The van der Waals surface area contributed by atoms with Crippen LogP contribution in [0.25, 0.3) is 18.7 Å². The number of rotatable bonds is 6. The van der Waals surface area contributed by atoms with Crippen molar-refractivity contribution >= 4 is 48.3 Å². The fourth-order valence-electron chi connectivity index (χ4n) is 3.50. The molecule has 0 aliphatic heterocycles. The molecular formula is C24H21NO3S2. The summed E-state index contributed by atoms with van der Waals surface area (Å²) in [6, 6.07) is 14.2. The highest BCUT2D eigenvalue weighted by Crippen LogP contribution is 2.24. The second kappa shape index (κ2) is 8.81. The molecule has 0 bridgehead atoms. The number of carboxylic acids is 1. The number of ether oxygens (including phenoxy) is 1. The minimum atomic E-state index is -0.933. The van der Waals surface area contributed by atoms with E-state index in [1.165, 1.54) is 28.0 Å². The molecule has 0 spiro atoms. The minimum absolute atomic E-state index is 0.173. The number of fused-ring (bicyclic) bond motifs is 1. The fraction of sp³-hybridized carbons (Fsp3) is 0.167. The minimum Gasteiger partial charge on any atom is -0.489 e. The van der Waals surface area contributed by atoms with Crippen LogP contribution < -0.4 is 14.6 Å². The number of allylic oxidation sites excluding steroid dienone is 1. The Morgan fingerprint density at radius 3 is 2.83 bits per heavy atom. The molecule has 1 aromatic heterocycles. The van der Waals surface area contributed by atoms with Crippen LogP contribution in [0.1, 0.15) is 28.7 Å². The number of benzene rings is 2. The lowest BCUT2D eigenvalue weighted by molar-refractivity contribution is -0.137. The van der Waals surface area contributed by atoms with Crippen LogP contribution in [0.4, 0.5) is 0 Å². The van der Waals surface area contributed by atoms with Gasteiger partial charge in [-0.1, -0.05) is 49.1 Å². The molecule has 1 aliphatic carbocycles. The van der Waals surface area contributed by atoms with E-state index in [1.807, 2.05) is 30.3 Å². The van der Waals surface area contributed by atoms with Crippen LogP contribution in [-0.2, 0) is 24.4 Å². The molecule has 4 rings (SSSR count). The lowest BCUT2D eigenvalue weighted by atomic mass is 9.93. The molecule has 2 aromatic carbocycles. The first-order valence-electron chi connectivity index (χ1n) is 9.63. The molecule has 0 atom stereocenters. The Labute approximate surface area is 183 Å². The van der Waals surface area contributed by atoms with Crippen molar-refractivity contribution in [3.63, 3.8) is 0 Å². The van der Waals surface area contributed by atoms with Crippen LogP contribution in [0.2, 0.25) is 0 Å². The van der Waals surface area contributed by atoms with Gasteiger partial charge in [0.2, 0.25) is 0 Å². The Balaban J connectivity index is 1.50. The van der Waals surface area contributed by atoms with Gasteiger partial charge in [-0.05, 0) is 65.5 Å². The summed E-state index contributed by atoms with van der Waals surface area (Å²) in [5, 5.41) is 9.65. The van der Waals surface area contributed by atoms with Crippen LogP contribution >= 0.6 is 23.6 Å². The molecule has 3 aromatic rings. The maximum Gasteiger partial charge on any atom is 0.323 e. The van der Waals surface area contributed by atoms with Crippen molar-refractivity contribution in [3.05, 3.63) is 84.6 Å². The zero-order valence-electron chi connectivity index (χ0n) is 16.3. The summed E-state index contributed by atoms with van der Waals surface area (Å²) in [4.78, 5) is 11.0. The second-order valence-electron chi connectivity index (χ2n) is 7.09. The SMILES string of the molecule is C=c1/c(=C\c2ccc(OCc3cccc4c3C=CCC4)cc2)sc(=S)n1CC(=O)O. The molecular weight excluding hydrogens is 414 g/mol. The van der Waals surface area contributed by atoms with Crippen molar-refractivity contribution in [3.8, 4) is 5.75 Å². The van der Waals surface area contributed by atoms with Crippen LogP contribution in [0.15, 0.2) is 48.5 Å². The molecule has 0 saturated heterocycles. The van der Waals surface area contributed by atoms with E-state index in [9.17, 15) is 4.79 Å². The molecule has 1 aliphatic rings. The number of carbonyl (C=O) groups is 1. The Morgan fingerprint density at radius 1 is 1.27 bits per heavy atom. The third-order valence-electron chi connectivity index (χ3n) is 5.05. The first-order valence-corrected chi connectivity index (χ1v) is 10.9. The number of aliphatic carboxylic acids is 1. The summed E-state index contributed by atoms with van der Waals surface area (Å²) in [6.45, 7) is 4.34. The highest BCUT2D eigenvalue weighted by atomic mass is 32.1. The third kappa shape index (κ3) is 4.45. The topological polar surface area (TPSA) is 51.5 Å². The third-order valence-corrected chi connectivity index (χ3v) is 6.48. The monoisotopic (exact) mass is 435 g/mol. The molecule has 152 valence electrons. The van der Waals surface area contributed by atoms with Gasteiger partial charge in [0.15, 0.2) is 3.95 Å². The van der Waals surface area contributed by atoms with Gasteiger partial charge >= 0.3 is 5.97 Å². The zero-order valence-corrected chi connectivity index (χ0v) is 18.0. The van der Waals surface area contributed by atoms with Gasteiger partial charge in [0.05, 0.1) is 9.88 Å². The number of thiazole rings is 1. The van der Waals surface area contributed by atoms with Crippen LogP contribution in [0.3, 0.4) is 0 Å². The molecule has 6 heteroatoms. The summed E-state index contributed by atoms with van der Waals surface area (Å²) in [6.07, 6.45) is 8.55. The van der Waals surface area contributed by atoms with E-state index in [4.69, 9.17) is 22.1 Å². The predicted molar refractivity (Wildman–Crippen MR) is 124 cm³/mol. The Kier molecular flexibility index (Phi) is 5.97. The highest BCUT2D eigenvalue weighted by Gasteiger charge is 2.09. The van der Waals surface area contributed by atoms with Gasteiger partial charge < -0.3 is 14.4 Å². The molecule has 0 fully saturated rings. The van der Waals surface area contributed by atoms with E-state index in [-0.39, 0.29) is 6.54 Å². The second-order valence-corrected chi connectivity index (χ2v) is 8.77. The standard InChI is InChI=1S/C24H21NO3S2/c1-16-22(30-24(29)25(16)14-23(26)27)13-17-9-11-20(12-10-17)28-15-19-7-4-6-18-5-2-3-8-21(18)19/h3-4,6-13H,1-2,5,14-15H2,(H,26,27)/b22-13+. The maximum atomic E-state index is 11.0. The molecule has 0 amide bonds. The first kappa shape index (κ1) is 20.3. The van der Waals surface area contributed by atoms with Gasteiger partial charge in [-0.2, -0.15) is 0 Å². The van der Waals surface area contributed by atoms with Gasteiger partial charge in [0, 0.05) is 0 Å². The number of hydrogen-bond donors (Lipinski definition) is 1. The molecule has 0 radical (unpaired) electrons. The van der Waals surface area contributed by atoms with Crippen molar-refractivity contribution in [2.75, 3.05) is 0 Å². The van der Waals surface area contributed by atoms with Crippen molar-refractivity contribution in [1.29, 1.82) is 0 Å². The van der Waals surface area contributed by atoms with Gasteiger partial charge in [-0.3, -0.25) is 4.79 Å². The Hall–Kier alpha value is -2.96. The summed E-state index contributed by atoms with van der Waals surface area (Å²) >= 11 is 6.63. The van der Waals surface area contributed by atoms with E-state index >= 15 is 0 Å². The lowest BCUT2D eigenvalue weighted by Crippen LogP contribution is -2.29. The van der Waals surface area contributed by atoms with E-state index < -0.39 is 5.97 Å². The van der Waals surface area contributed by atoms with Gasteiger partial charge in [-0.25, -0.2) is 0 Å². The first-order chi connectivity index (χ1) is 14.5. The smallest absolute Gasteiger partial charge is 0.323 e. The molecule has 1 heterocycles. The Morgan fingerprint density at radius 2 is 2.07 bits per heavy atom. The fourth-order valence-corrected chi connectivity index (χ4v) is 4.84. The average Bonchev–Trinajstić information content (AvgIpc) is 3.00. The van der Waals surface area contributed by atoms with Gasteiger partial charge in [0.25, 0.3) is 0 Å². The van der Waals surface area contributed by atoms with Crippen molar-refractivity contribution < 1.29 is 14.6 Å². The van der Waals surface area contributed by atoms with Crippen LogP contribution in [-0.4, -0.2) is 15.6 Å². The van der Waals surface area contributed by atoms with Crippen LogP contribution in [0.5, 0.6) is 5.75 Å². The Bertz CT molecular complexity index is 1280. The van der Waals surface area contributed by atoms with E-state index in [2.05, 4.69) is 36.9 Å². The number of carboxylic acid groups (broad SMARTS) is 1. The lowest BCUT2D eigenvalue weighted by Gasteiger charge is -2.15. The number of hydrogen-bond acceptors (Lipinski definition) is 4. The van der Waals surface area contributed by atoms with Crippen molar-refractivity contribution in [2.45, 2.75) is 26.0 Å². The van der Waals surface area contributed by atoms with E-state index in [0.29, 0.717) is 15.9 Å². The van der Waals surface area contributed by atoms with Crippen LogP contribution in [0, 0.1) is 3.95 Å². The molecule has 4 nitrogen and oxygen atoms in total. The maximum absolute atomic E-state index is 11.0. The van der Waals surface area contributed by atoms with Gasteiger partial charge in [0.1, 0.15) is 18.9 Å². The van der Waals surface area contributed by atoms with E-state index in [1.54, 1.807) is 4.57 Å². The zero-order chi connectivity index (χ0) is 21.1. The quantitative estimate of drug-likeness (QED) is 0.591. The molecule has 30 heavy (non-hydrogen) atoms. The van der Waals surface area contributed by atoms with Crippen molar-refractivity contribution in [1.82, 2.24) is 4.57 Å². The van der Waals surface area contributed by atoms with E-state index in [0.717, 1.165) is 28.7 Å². The van der Waals surface area contributed by atoms with Crippen molar-refractivity contribution in [2.24, 2.45) is 0 Å². The summed E-state index contributed by atoms with van der Waals surface area (Å²) in [7, 11) is 0. The summed E-state index contributed by atoms with van der Waals surface area (Å²) in [5.74, 6) is -0.132. The number of aryl methyl sites for hydroxylation is 1. The number of aromatic nitrogens is 1. The predicted octanol–water partition coefficient (Wildman–Crippen LogP) is 4.14.